The van der Waals surface area contributed by atoms with Gasteiger partial charge in [0.25, 0.3) is 5.91 Å². The minimum Gasteiger partial charge on any atom is -0.493 e. The first kappa shape index (κ1) is 19.3. The second-order valence-electron chi connectivity index (χ2n) is 5.03. The van der Waals surface area contributed by atoms with Gasteiger partial charge in [-0.1, -0.05) is 23.7 Å². The van der Waals surface area contributed by atoms with Gasteiger partial charge < -0.3 is 14.2 Å². The zero-order chi connectivity index (χ0) is 19.1. The van der Waals surface area contributed by atoms with Crippen LogP contribution in [0.2, 0.25) is 5.02 Å². The molecule has 0 saturated heterocycles. The van der Waals surface area contributed by atoms with Crippen molar-refractivity contribution in [3.05, 3.63) is 52.5 Å². The molecule has 0 fully saturated rings. The summed E-state index contributed by atoms with van der Waals surface area (Å²) >= 11 is 5.97. The molecule has 0 spiro atoms. The van der Waals surface area contributed by atoms with Crippen LogP contribution in [0.1, 0.15) is 22.8 Å². The Morgan fingerprint density at radius 3 is 2.27 bits per heavy atom. The average Bonchev–Trinajstić information content (AvgIpc) is 2.62. The zero-order valence-electron chi connectivity index (χ0n) is 14.4. The largest absolute Gasteiger partial charge is 0.493 e. The molecule has 0 aliphatic heterocycles. The molecule has 0 saturated carbocycles. The van der Waals surface area contributed by atoms with Crippen molar-refractivity contribution < 1.29 is 23.8 Å². The van der Waals surface area contributed by atoms with Crippen LogP contribution in [-0.2, 0) is 4.79 Å². The van der Waals surface area contributed by atoms with E-state index in [-0.39, 0.29) is 5.75 Å². The number of carbonyl (C=O) groups excluding carboxylic acids is 2. The third-order valence-electron chi connectivity index (χ3n) is 3.23. The van der Waals surface area contributed by atoms with Crippen LogP contribution in [0.5, 0.6) is 17.2 Å². The van der Waals surface area contributed by atoms with E-state index in [0.29, 0.717) is 27.6 Å². The molecular weight excluding hydrogens is 360 g/mol. The van der Waals surface area contributed by atoms with Gasteiger partial charge in [-0.2, -0.15) is 5.10 Å². The number of esters is 1. The van der Waals surface area contributed by atoms with Crippen LogP contribution in [0.15, 0.2) is 41.5 Å². The lowest BCUT2D eigenvalue weighted by molar-refractivity contribution is -0.132. The predicted octanol–water partition coefficient (Wildman–Crippen LogP) is 3.05. The van der Waals surface area contributed by atoms with E-state index in [1.54, 1.807) is 36.4 Å². The van der Waals surface area contributed by atoms with Crippen LogP contribution in [0.3, 0.4) is 0 Å². The summed E-state index contributed by atoms with van der Waals surface area (Å²) in [6.07, 6.45) is 1.40. The Morgan fingerprint density at radius 1 is 1.12 bits per heavy atom. The van der Waals surface area contributed by atoms with Crippen molar-refractivity contribution in [2.45, 2.75) is 6.92 Å². The van der Waals surface area contributed by atoms with E-state index >= 15 is 0 Å². The number of hydrazone groups is 1. The van der Waals surface area contributed by atoms with Gasteiger partial charge in [0.1, 0.15) is 0 Å². The predicted molar refractivity (Wildman–Crippen MR) is 97.4 cm³/mol. The summed E-state index contributed by atoms with van der Waals surface area (Å²) in [6.45, 7) is 1.28. The summed E-state index contributed by atoms with van der Waals surface area (Å²) in [6, 6.07) is 9.81. The molecular formula is C18H17ClN2O5. The molecule has 2 rings (SSSR count). The SMILES string of the molecule is COc1cc(/C=N\NC(=O)c2ccccc2Cl)cc(OC)c1OC(C)=O. The van der Waals surface area contributed by atoms with Crippen LogP contribution < -0.4 is 19.6 Å². The molecule has 2 aromatic carbocycles. The van der Waals surface area contributed by atoms with Crippen molar-refractivity contribution in [3.63, 3.8) is 0 Å². The molecule has 0 bridgehead atoms. The number of carbonyl (C=O) groups is 2. The van der Waals surface area contributed by atoms with Crippen molar-refractivity contribution in [3.8, 4) is 17.2 Å². The Balaban J connectivity index is 2.21. The molecule has 136 valence electrons. The standard InChI is InChI=1S/C18H17ClN2O5/c1-11(22)26-17-15(24-2)8-12(9-16(17)25-3)10-20-21-18(23)13-6-4-5-7-14(13)19/h4-10H,1-3H3,(H,21,23)/b20-10-. The van der Waals surface area contributed by atoms with Crippen LogP contribution in [0.25, 0.3) is 0 Å². The third kappa shape index (κ3) is 4.73. The molecule has 0 aromatic heterocycles. The van der Waals surface area contributed by atoms with Crippen molar-refractivity contribution in [1.29, 1.82) is 0 Å². The summed E-state index contributed by atoms with van der Waals surface area (Å²) in [7, 11) is 2.86. The third-order valence-corrected chi connectivity index (χ3v) is 3.56. The van der Waals surface area contributed by atoms with Crippen LogP contribution in [0, 0.1) is 0 Å². The first-order valence-corrected chi connectivity index (χ1v) is 7.86. The van der Waals surface area contributed by atoms with Crippen molar-refractivity contribution >= 4 is 29.7 Å². The van der Waals surface area contributed by atoms with Gasteiger partial charge in [-0.05, 0) is 24.3 Å². The van der Waals surface area contributed by atoms with E-state index in [4.69, 9.17) is 25.8 Å². The highest BCUT2D eigenvalue weighted by molar-refractivity contribution is 6.33. The van der Waals surface area contributed by atoms with Crippen molar-refractivity contribution in [1.82, 2.24) is 5.43 Å². The number of amides is 1. The lowest BCUT2D eigenvalue weighted by atomic mass is 10.2. The van der Waals surface area contributed by atoms with Crippen LogP contribution >= 0.6 is 11.6 Å². The summed E-state index contributed by atoms with van der Waals surface area (Å²) < 4.78 is 15.5. The lowest BCUT2D eigenvalue weighted by Gasteiger charge is -2.13. The maximum atomic E-state index is 12.1. The minimum atomic E-state index is -0.505. The second-order valence-corrected chi connectivity index (χ2v) is 5.43. The van der Waals surface area contributed by atoms with E-state index in [1.165, 1.54) is 27.4 Å². The molecule has 26 heavy (non-hydrogen) atoms. The molecule has 0 aliphatic rings. The van der Waals surface area contributed by atoms with Gasteiger partial charge in [0.2, 0.25) is 5.75 Å². The van der Waals surface area contributed by atoms with E-state index in [0.717, 1.165) is 0 Å². The molecule has 1 amide bonds. The van der Waals surface area contributed by atoms with Gasteiger partial charge >= 0.3 is 5.97 Å². The number of nitrogens with one attached hydrogen (secondary N) is 1. The zero-order valence-corrected chi connectivity index (χ0v) is 15.2. The summed E-state index contributed by atoms with van der Waals surface area (Å²) in [4.78, 5) is 23.3. The van der Waals surface area contributed by atoms with Crippen LogP contribution in [0.4, 0.5) is 0 Å². The van der Waals surface area contributed by atoms with E-state index in [9.17, 15) is 9.59 Å². The Hall–Kier alpha value is -3.06. The second kappa shape index (κ2) is 8.87. The fourth-order valence-electron chi connectivity index (χ4n) is 2.09. The van der Waals surface area contributed by atoms with Gasteiger partial charge in [-0.25, -0.2) is 5.43 Å². The number of halogens is 1. The normalized spacial score (nSPS) is 10.5. The van der Waals surface area contributed by atoms with Crippen molar-refractivity contribution in [2.24, 2.45) is 5.10 Å². The number of methoxy groups -OCH3 is 2. The topological polar surface area (TPSA) is 86.2 Å². The Labute approximate surface area is 155 Å². The molecule has 0 aliphatic carbocycles. The number of nitrogens with zero attached hydrogens (tertiary/aromatic N) is 1. The highest BCUT2D eigenvalue weighted by Gasteiger charge is 2.15. The highest BCUT2D eigenvalue weighted by Crippen LogP contribution is 2.38. The van der Waals surface area contributed by atoms with Gasteiger partial charge in [0.15, 0.2) is 11.5 Å². The fraction of sp³-hybridized carbons (Fsp3) is 0.167. The summed E-state index contributed by atoms with van der Waals surface area (Å²) in [5, 5.41) is 4.23. The monoisotopic (exact) mass is 376 g/mol. The van der Waals surface area contributed by atoms with Gasteiger partial charge in [-0.15, -0.1) is 0 Å². The molecule has 0 radical (unpaired) electrons. The maximum Gasteiger partial charge on any atom is 0.308 e. The Kier molecular flexibility index (Phi) is 6.57. The summed E-state index contributed by atoms with van der Waals surface area (Å²) in [5.41, 5.74) is 3.26. The van der Waals surface area contributed by atoms with Gasteiger partial charge in [0.05, 0.1) is 31.0 Å². The molecule has 2 aromatic rings. The lowest BCUT2D eigenvalue weighted by Crippen LogP contribution is -2.18. The molecule has 0 unspecified atom stereocenters. The highest BCUT2D eigenvalue weighted by atomic mass is 35.5. The smallest absolute Gasteiger partial charge is 0.308 e. The number of ether oxygens (including phenoxy) is 3. The maximum absolute atomic E-state index is 12.1. The number of benzene rings is 2. The minimum absolute atomic E-state index is 0.166. The van der Waals surface area contributed by atoms with E-state index < -0.39 is 11.9 Å². The van der Waals surface area contributed by atoms with Crippen molar-refractivity contribution in [2.75, 3.05) is 14.2 Å². The number of hydrogen-bond acceptors (Lipinski definition) is 6. The number of hydrogen-bond donors (Lipinski definition) is 1. The Bertz CT molecular complexity index is 826. The average molecular weight is 377 g/mol. The molecule has 8 heteroatoms. The molecule has 0 atom stereocenters. The summed E-state index contributed by atoms with van der Waals surface area (Å²) in [5.74, 6) is -0.200. The Morgan fingerprint density at radius 2 is 1.73 bits per heavy atom. The van der Waals surface area contributed by atoms with Gasteiger partial charge in [-0.3, -0.25) is 9.59 Å². The van der Waals surface area contributed by atoms with E-state index in [2.05, 4.69) is 10.5 Å². The fourth-order valence-corrected chi connectivity index (χ4v) is 2.31. The van der Waals surface area contributed by atoms with Gasteiger partial charge in [0, 0.05) is 12.5 Å². The molecule has 0 heterocycles. The first-order valence-electron chi connectivity index (χ1n) is 7.48. The van der Waals surface area contributed by atoms with E-state index in [1.807, 2.05) is 0 Å². The quantitative estimate of drug-likeness (QED) is 0.362. The first-order chi connectivity index (χ1) is 12.5. The molecule has 1 N–H and O–H groups in total. The number of rotatable bonds is 6. The van der Waals surface area contributed by atoms with Crippen LogP contribution in [-0.4, -0.2) is 32.3 Å². The molecule has 7 nitrogen and oxygen atoms in total.